The Morgan fingerprint density at radius 2 is 1.28 bits per heavy atom. The second-order valence-electron chi connectivity index (χ2n) is 4.70. The van der Waals surface area contributed by atoms with Crippen molar-refractivity contribution in [2.75, 3.05) is 13.3 Å². The molecule has 0 bridgehead atoms. The molecule has 0 saturated carbocycles. The van der Waals surface area contributed by atoms with Crippen LogP contribution in [0.5, 0.6) is 0 Å². The molecule has 0 aromatic heterocycles. The van der Waals surface area contributed by atoms with Crippen LogP contribution in [0.3, 0.4) is 0 Å². The van der Waals surface area contributed by atoms with Crippen LogP contribution >= 0.6 is 7.60 Å². The van der Waals surface area contributed by atoms with E-state index in [1.54, 1.807) is 0 Å². The minimum atomic E-state index is -3.50. The largest absolute Gasteiger partial charge is 1.00 e. The summed E-state index contributed by atoms with van der Waals surface area (Å²) in [6, 6.07) is 0. The first-order valence-corrected chi connectivity index (χ1v) is 8.71. The summed E-state index contributed by atoms with van der Waals surface area (Å²) in [6.07, 6.45) is 12.3. The molecular formula is C13H28NaO3P. The number of rotatable bonds is 12. The van der Waals surface area contributed by atoms with E-state index in [9.17, 15) is 9.46 Å². The second-order valence-corrected chi connectivity index (χ2v) is 6.73. The van der Waals surface area contributed by atoms with Gasteiger partial charge in [0.2, 0.25) is 0 Å². The third-order valence-corrected chi connectivity index (χ3v) is 4.48. The van der Waals surface area contributed by atoms with Gasteiger partial charge in [-0.25, -0.2) is 0 Å². The molecular weight excluding hydrogens is 258 g/mol. The first-order valence-electron chi connectivity index (χ1n) is 6.98. The van der Waals surface area contributed by atoms with E-state index in [1.165, 1.54) is 52.1 Å². The van der Waals surface area contributed by atoms with Gasteiger partial charge in [-0.2, -0.15) is 0 Å². The molecule has 0 aromatic carbocycles. The van der Waals surface area contributed by atoms with Crippen LogP contribution in [0.2, 0.25) is 0 Å². The van der Waals surface area contributed by atoms with Gasteiger partial charge in [-0.15, -0.1) is 0 Å². The van der Waals surface area contributed by atoms with Crippen LogP contribution in [0.1, 0.15) is 71.1 Å². The van der Waals surface area contributed by atoms with E-state index >= 15 is 0 Å². The van der Waals surface area contributed by atoms with E-state index in [0.717, 1.165) is 19.3 Å². The normalized spacial score (nSPS) is 13.9. The molecule has 0 radical (unpaired) electrons. The Bertz CT molecular complexity index is 212. The van der Waals surface area contributed by atoms with E-state index in [0.29, 0.717) is 0 Å². The smallest absolute Gasteiger partial charge is 0.779 e. The molecule has 3 nitrogen and oxygen atoms in total. The molecule has 0 heterocycles. The zero-order valence-electron chi connectivity index (χ0n) is 12.5. The van der Waals surface area contributed by atoms with Crippen molar-refractivity contribution < 1.29 is 43.5 Å². The van der Waals surface area contributed by atoms with E-state index in [4.69, 9.17) is 0 Å². The van der Waals surface area contributed by atoms with Gasteiger partial charge < -0.3 is 14.0 Å². The molecule has 0 amide bonds. The molecule has 5 heteroatoms. The predicted molar refractivity (Wildman–Crippen MR) is 71.3 cm³/mol. The second kappa shape index (κ2) is 14.6. The maximum atomic E-state index is 11.0. The molecule has 0 N–H and O–H groups in total. The van der Waals surface area contributed by atoms with Crippen molar-refractivity contribution in [2.24, 2.45) is 0 Å². The fourth-order valence-corrected chi connectivity index (χ4v) is 2.68. The Labute approximate surface area is 135 Å². The maximum absolute atomic E-state index is 11.0. The summed E-state index contributed by atoms with van der Waals surface area (Å²) in [5.41, 5.74) is 0. The molecule has 0 fully saturated rings. The van der Waals surface area contributed by atoms with Crippen molar-refractivity contribution in [3.8, 4) is 0 Å². The molecule has 0 saturated heterocycles. The van der Waals surface area contributed by atoms with Crippen molar-refractivity contribution in [1.29, 1.82) is 0 Å². The molecule has 18 heavy (non-hydrogen) atoms. The van der Waals surface area contributed by atoms with Gasteiger partial charge in [0.25, 0.3) is 0 Å². The van der Waals surface area contributed by atoms with Gasteiger partial charge >= 0.3 is 29.6 Å². The Morgan fingerprint density at radius 3 is 1.67 bits per heavy atom. The summed E-state index contributed by atoms with van der Waals surface area (Å²) in [5.74, 6) is 0. The monoisotopic (exact) mass is 286 g/mol. The van der Waals surface area contributed by atoms with E-state index in [1.807, 2.05) is 0 Å². The molecule has 0 aliphatic heterocycles. The Hall–Kier alpha value is 1.15. The molecule has 0 aliphatic rings. The molecule has 1 atom stereocenters. The van der Waals surface area contributed by atoms with Crippen molar-refractivity contribution in [3.63, 3.8) is 0 Å². The minimum absolute atomic E-state index is 0. The van der Waals surface area contributed by atoms with Crippen LogP contribution in [0.4, 0.5) is 0 Å². The van der Waals surface area contributed by atoms with Gasteiger partial charge in [-0.05, 0) is 6.42 Å². The fourth-order valence-electron chi connectivity index (χ4n) is 1.88. The average Bonchev–Trinajstić information content (AvgIpc) is 2.31. The maximum Gasteiger partial charge on any atom is 1.00 e. The van der Waals surface area contributed by atoms with E-state index in [2.05, 4.69) is 11.4 Å². The Balaban J connectivity index is 0. The van der Waals surface area contributed by atoms with Crippen LogP contribution in [0.15, 0.2) is 0 Å². The number of unbranched alkanes of at least 4 members (excludes halogenated alkanes) is 9. The van der Waals surface area contributed by atoms with Gasteiger partial charge in [0.05, 0.1) is 0 Å². The summed E-state index contributed by atoms with van der Waals surface area (Å²) < 4.78 is 15.5. The van der Waals surface area contributed by atoms with Crippen molar-refractivity contribution >= 4 is 7.60 Å². The molecule has 0 rings (SSSR count). The number of hydrogen-bond acceptors (Lipinski definition) is 3. The van der Waals surface area contributed by atoms with Gasteiger partial charge in [0.15, 0.2) is 0 Å². The summed E-state index contributed by atoms with van der Waals surface area (Å²) in [5, 5.41) is 0. The SMILES string of the molecule is CCCCCCCCCCCCP(=O)([O-])OC.[Na+]. The van der Waals surface area contributed by atoms with Crippen molar-refractivity contribution in [3.05, 3.63) is 0 Å². The third-order valence-electron chi connectivity index (χ3n) is 3.06. The standard InChI is InChI=1S/C13H29O3P.Na/c1-3-4-5-6-7-8-9-10-11-12-13-17(14,15)16-2;/h3-13H2,1-2H3,(H,14,15);/q;+1/p-1. The van der Waals surface area contributed by atoms with Gasteiger partial charge in [0.1, 0.15) is 7.60 Å². The molecule has 0 spiro atoms. The van der Waals surface area contributed by atoms with Crippen LogP contribution < -0.4 is 34.5 Å². The van der Waals surface area contributed by atoms with Crippen LogP contribution in [-0.4, -0.2) is 13.3 Å². The van der Waals surface area contributed by atoms with Crippen LogP contribution in [-0.2, 0) is 9.09 Å². The van der Waals surface area contributed by atoms with Crippen molar-refractivity contribution in [2.45, 2.75) is 71.1 Å². The fraction of sp³-hybridized carbons (Fsp3) is 1.00. The first-order chi connectivity index (χ1) is 8.12. The quantitative estimate of drug-likeness (QED) is 0.307. The van der Waals surface area contributed by atoms with Gasteiger partial charge in [-0.1, -0.05) is 64.7 Å². The van der Waals surface area contributed by atoms with Gasteiger partial charge in [-0.3, -0.25) is 0 Å². The Morgan fingerprint density at radius 1 is 0.889 bits per heavy atom. The molecule has 0 aliphatic carbocycles. The molecule has 0 aromatic rings. The van der Waals surface area contributed by atoms with Crippen LogP contribution in [0, 0.1) is 0 Å². The van der Waals surface area contributed by atoms with E-state index in [-0.39, 0.29) is 35.7 Å². The minimum Gasteiger partial charge on any atom is -0.779 e. The van der Waals surface area contributed by atoms with E-state index < -0.39 is 7.60 Å². The zero-order chi connectivity index (χ0) is 13.0. The average molecular weight is 286 g/mol. The summed E-state index contributed by atoms with van der Waals surface area (Å²) in [7, 11) is -2.26. The summed E-state index contributed by atoms with van der Waals surface area (Å²) >= 11 is 0. The third kappa shape index (κ3) is 15.2. The molecule has 1 unspecified atom stereocenters. The number of hydrogen-bond donors (Lipinski definition) is 0. The first kappa shape index (κ1) is 21.4. The van der Waals surface area contributed by atoms with Crippen LogP contribution in [0.25, 0.3) is 0 Å². The zero-order valence-corrected chi connectivity index (χ0v) is 15.3. The molecule has 104 valence electrons. The summed E-state index contributed by atoms with van der Waals surface area (Å²) in [4.78, 5) is 11.0. The topological polar surface area (TPSA) is 49.4 Å². The van der Waals surface area contributed by atoms with Gasteiger partial charge in [0, 0.05) is 13.3 Å². The Kier molecular flexibility index (Phi) is 17.3. The summed E-state index contributed by atoms with van der Waals surface area (Å²) in [6.45, 7) is 2.23. The van der Waals surface area contributed by atoms with Crippen molar-refractivity contribution in [1.82, 2.24) is 0 Å². The predicted octanol–water partition coefficient (Wildman–Crippen LogP) is 1.11.